The van der Waals surface area contributed by atoms with E-state index >= 15 is 0 Å². The van der Waals surface area contributed by atoms with E-state index in [2.05, 4.69) is 39.9 Å². The molecule has 0 aliphatic carbocycles. The molecule has 1 aromatic carbocycles. The molecule has 0 saturated heterocycles. The van der Waals surface area contributed by atoms with Crippen molar-refractivity contribution in [3.05, 3.63) is 42.1 Å². The summed E-state index contributed by atoms with van der Waals surface area (Å²) in [7, 11) is 1.98. The van der Waals surface area contributed by atoms with Crippen LogP contribution in [-0.4, -0.2) is 25.1 Å². The molecule has 0 fully saturated rings. The molecule has 0 spiro atoms. The normalized spacial score (nSPS) is 10.9. The topological polar surface area (TPSA) is 37.0 Å². The number of pyridine rings is 1. The molecule has 1 heterocycles. The maximum Gasteiger partial charge on any atom is 0.0705 e. The number of aromatic nitrogens is 1. The molecule has 0 aliphatic heterocycles. The van der Waals surface area contributed by atoms with E-state index in [0.717, 1.165) is 31.6 Å². The summed E-state index contributed by atoms with van der Waals surface area (Å²) in [6.07, 6.45) is 3.03. The molecule has 0 bridgehead atoms. The third-order valence-electron chi connectivity index (χ3n) is 2.84. The molecule has 0 amide bonds. The Morgan fingerprint density at radius 3 is 2.88 bits per heavy atom. The fourth-order valence-electron chi connectivity index (χ4n) is 1.92. The first-order valence-electron chi connectivity index (χ1n) is 6.10. The van der Waals surface area contributed by atoms with Gasteiger partial charge in [-0.2, -0.15) is 0 Å². The lowest BCUT2D eigenvalue weighted by molar-refractivity contribution is 0.626. The van der Waals surface area contributed by atoms with Crippen LogP contribution in [0.25, 0.3) is 10.9 Å². The Morgan fingerprint density at radius 1 is 1.12 bits per heavy atom. The molecule has 0 unspecified atom stereocenters. The van der Waals surface area contributed by atoms with E-state index in [0.29, 0.717) is 0 Å². The zero-order valence-electron chi connectivity index (χ0n) is 10.2. The molecule has 2 rings (SSSR count). The summed E-state index contributed by atoms with van der Waals surface area (Å²) in [6, 6.07) is 10.4. The largest absolute Gasteiger partial charge is 0.320 e. The smallest absolute Gasteiger partial charge is 0.0705 e. The second-order valence-corrected chi connectivity index (χ2v) is 4.12. The highest BCUT2D eigenvalue weighted by molar-refractivity contribution is 5.81. The fraction of sp³-hybridized carbons (Fsp3) is 0.357. The number of rotatable bonds is 6. The summed E-state index contributed by atoms with van der Waals surface area (Å²) < 4.78 is 0. The maximum atomic E-state index is 4.36. The Hall–Kier alpha value is -1.45. The molecule has 0 radical (unpaired) electrons. The summed E-state index contributed by atoms with van der Waals surface area (Å²) in [5.74, 6) is 0. The molecule has 3 heteroatoms. The van der Waals surface area contributed by atoms with Gasteiger partial charge in [0.2, 0.25) is 0 Å². The highest BCUT2D eigenvalue weighted by Crippen LogP contribution is 2.15. The highest BCUT2D eigenvalue weighted by atomic mass is 14.9. The van der Waals surface area contributed by atoms with Crippen molar-refractivity contribution in [1.82, 2.24) is 15.6 Å². The van der Waals surface area contributed by atoms with Crippen LogP contribution in [0.1, 0.15) is 12.0 Å². The average Bonchev–Trinajstić information content (AvgIpc) is 2.39. The zero-order valence-corrected chi connectivity index (χ0v) is 10.2. The van der Waals surface area contributed by atoms with Gasteiger partial charge < -0.3 is 10.6 Å². The fourth-order valence-corrected chi connectivity index (χ4v) is 1.92. The monoisotopic (exact) mass is 229 g/mol. The first-order chi connectivity index (χ1) is 8.42. The van der Waals surface area contributed by atoms with Gasteiger partial charge in [-0.1, -0.05) is 18.2 Å². The first-order valence-corrected chi connectivity index (χ1v) is 6.10. The molecular formula is C14H19N3. The summed E-state index contributed by atoms with van der Waals surface area (Å²) in [5.41, 5.74) is 2.39. The van der Waals surface area contributed by atoms with Gasteiger partial charge >= 0.3 is 0 Å². The van der Waals surface area contributed by atoms with E-state index in [1.54, 1.807) is 0 Å². The van der Waals surface area contributed by atoms with E-state index in [1.165, 1.54) is 10.9 Å². The van der Waals surface area contributed by atoms with Crippen LogP contribution >= 0.6 is 0 Å². The molecule has 1 aromatic heterocycles. The number of fused-ring (bicyclic) bond motifs is 1. The number of nitrogens with zero attached hydrogens (tertiary/aromatic N) is 1. The van der Waals surface area contributed by atoms with Crippen molar-refractivity contribution in [2.75, 3.05) is 20.1 Å². The lowest BCUT2D eigenvalue weighted by Crippen LogP contribution is -2.19. The van der Waals surface area contributed by atoms with Crippen LogP contribution in [0.5, 0.6) is 0 Å². The van der Waals surface area contributed by atoms with E-state index in [9.17, 15) is 0 Å². The molecular weight excluding hydrogens is 210 g/mol. The minimum Gasteiger partial charge on any atom is -0.320 e. The number of para-hydroxylation sites is 1. The molecule has 2 N–H and O–H groups in total. The van der Waals surface area contributed by atoms with Gasteiger partial charge in [-0.25, -0.2) is 0 Å². The summed E-state index contributed by atoms with van der Waals surface area (Å²) in [5, 5.41) is 7.85. The molecule has 0 saturated carbocycles. The predicted molar refractivity (Wildman–Crippen MR) is 72.0 cm³/mol. The van der Waals surface area contributed by atoms with Crippen LogP contribution in [0.2, 0.25) is 0 Å². The Labute approximate surface area is 102 Å². The highest BCUT2D eigenvalue weighted by Gasteiger charge is 1.99. The zero-order chi connectivity index (χ0) is 11.9. The number of hydrogen-bond acceptors (Lipinski definition) is 3. The minimum absolute atomic E-state index is 0.909. The second kappa shape index (κ2) is 6.33. The molecule has 17 heavy (non-hydrogen) atoms. The maximum absolute atomic E-state index is 4.36. The van der Waals surface area contributed by atoms with Crippen LogP contribution in [0.4, 0.5) is 0 Å². The Bertz CT molecular complexity index is 462. The quantitative estimate of drug-likeness (QED) is 0.743. The van der Waals surface area contributed by atoms with Gasteiger partial charge in [-0.3, -0.25) is 4.98 Å². The van der Waals surface area contributed by atoms with Crippen LogP contribution in [0.3, 0.4) is 0 Å². The van der Waals surface area contributed by atoms with Crippen LogP contribution < -0.4 is 10.6 Å². The Kier molecular flexibility index (Phi) is 4.47. The molecule has 90 valence electrons. The van der Waals surface area contributed by atoms with Crippen molar-refractivity contribution in [3.8, 4) is 0 Å². The second-order valence-electron chi connectivity index (χ2n) is 4.12. The molecule has 2 aromatic rings. The third-order valence-corrected chi connectivity index (χ3v) is 2.84. The van der Waals surface area contributed by atoms with Crippen LogP contribution in [0, 0.1) is 0 Å². The number of benzene rings is 1. The number of hydrogen-bond donors (Lipinski definition) is 2. The molecule has 0 atom stereocenters. The average molecular weight is 229 g/mol. The number of nitrogens with one attached hydrogen (secondary N) is 2. The van der Waals surface area contributed by atoms with Gasteiger partial charge in [-0.05, 0) is 44.3 Å². The van der Waals surface area contributed by atoms with E-state index in [1.807, 2.05) is 19.3 Å². The van der Waals surface area contributed by atoms with Crippen molar-refractivity contribution in [2.45, 2.75) is 13.0 Å². The van der Waals surface area contributed by atoms with Gasteiger partial charge in [0.25, 0.3) is 0 Å². The summed E-state index contributed by atoms with van der Waals surface area (Å²) >= 11 is 0. The lowest BCUT2D eigenvalue weighted by atomic mass is 10.1. The van der Waals surface area contributed by atoms with E-state index < -0.39 is 0 Å². The third kappa shape index (κ3) is 3.25. The van der Waals surface area contributed by atoms with Crippen LogP contribution in [0.15, 0.2) is 36.5 Å². The SMILES string of the molecule is CNCCCNCc1ccnc2ccccc12. The van der Waals surface area contributed by atoms with E-state index in [-0.39, 0.29) is 0 Å². The van der Waals surface area contributed by atoms with Gasteiger partial charge in [-0.15, -0.1) is 0 Å². The van der Waals surface area contributed by atoms with Gasteiger partial charge in [0, 0.05) is 18.1 Å². The van der Waals surface area contributed by atoms with Crippen molar-refractivity contribution >= 4 is 10.9 Å². The van der Waals surface area contributed by atoms with Crippen molar-refractivity contribution in [2.24, 2.45) is 0 Å². The summed E-state index contributed by atoms with van der Waals surface area (Å²) in [4.78, 5) is 4.36. The van der Waals surface area contributed by atoms with Crippen molar-refractivity contribution < 1.29 is 0 Å². The van der Waals surface area contributed by atoms with Gasteiger partial charge in [0.15, 0.2) is 0 Å². The van der Waals surface area contributed by atoms with Crippen LogP contribution in [-0.2, 0) is 6.54 Å². The molecule has 0 aliphatic rings. The van der Waals surface area contributed by atoms with Crippen molar-refractivity contribution in [3.63, 3.8) is 0 Å². The first kappa shape index (κ1) is 12.0. The lowest BCUT2D eigenvalue weighted by Gasteiger charge is -2.07. The Balaban J connectivity index is 1.98. The minimum atomic E-state index is 0.909. The van der Waals surface area contributed by atoms with E-state index in [4.69, 9.17) is 0 Å². The van der Waals surface area contributed by atoms with Gasteiger partial charge in [0.1, 0.15) is 0 Å². The van der Waals surface area contributed by atoms with Gasteiger partial charge in [0.05, 0.1) is 5.52 Å². The standard InChI is InChI=1S/C14H19N3/c1-15-8-4-9-16-11-12-7-10-17-14-6-3-2-5-13(12)14/h2-3,5-7,10,15-16H,4,8-9,11H2,1H3. The van der Waals surface area contributed by atoms with Crippen molar-refractivity contribution in [1.29, 1.82) is 0 Å². The Morgan fingerprint density at radius 2 is 2.00 bits per heavy atom. The predicted octanol–water partition coefficient (Wildman–Crippen LogP) is 1.93. The molecule has 3 nitrogen and oxygen atoms in total. The summed E-state index contributed by atoms with van der Waals surface area (Å²) in [6.45, 7) is 3.01.